The van der Waals surface area contributed by atoms with Crippen molar-refractivity contribution < 1.29 is 13.5 Å². The van der Waals surface area contributed by atoms with Crippen molar-refractivity contribution in [1.29, 1.82) is 0 Å². The molecule has 5 nitrogen and oxygen atoms in total. The molecule has 0 saturated heterocycles. The number of hydrogen-bond acceptors (Lipinski definition) is 4. The second-order valence-electron chi connectivity index (χ2n) is 5.28. The maximum absolute atomic E-state index is 12.5. The van der Waals surface area contributed by atoms with Crippen molar-refractivity contribution in [3.8, 4) is 5.75 Å². The minimum absolute atomic E-state index is 0. The first kappa shape index (κ1) is 22.6. The number of halogens is 3. The minimum atomic E-state index is -2.85. The van der Waals surface area contributed by atoms with E-state index in [2.05, 4.69) is 25.3 Å². The van der Waals surface area contributed by atoms with Gasteiger partial charge in [-0.1, -0.05) is 18.2 Å². The zero-order chi connectivity index (χ0) is 18.2. The van der Waals surface area contributed by atoms with Gasteiger partial charge in [0.05, 0.1) is 23.8 Å². The van der Waals surface area contributed by atoms with Gasteiger partial charge in [0.15, 0.2) is 5.96 Å². The second kappa shape index (κ2) is 11.3. The molecular formula is C17H23F2IN4OS. The molecule has 26 heavy (non-hydrogen) atoms. The van der Waals surface area contributed by atoms with E-state index in [1.165, 1.54) is 6.07 Å². The van der Waals surface area contributed by atoms with E-state index in [1.807, 2.05) is 20.8 Å². The van der Waals surface area contributed by atoms with Crippen molar-refractivity contribution in [3.63, 3.8) is 0 Å². The molecular weight excluding hydrogens is 473 g/mol. The van der Waals surface area contributed by atoms with E-state index in [4.69, 9.17) is 0 Å². The highest BCUT2D eigenvalue weighted by Gasteiger charge is 2.09. The van der Waals surface area contributed by atoms with E-state index < -0.39 is 6.61 Å². The highest BCUT2D eigenvalue weighted by molar-refractivity contribution is 14.0. The molecule has 0 amide bonds. The van der Waals surface area contributed by atoms with Crippen LogP contribution in [0, 0.1) is 13.8 Å². The van der Waals surface area contributed by atoms with Gasteiger partial charge >= 0.3 is 6.61 Å². The molecule has 0 fully saturated rings. The normalized spacial score (nSPS) is 11.2. The molecule has 0 saturated carbocycles. The van der Waals surface area contributed by atoms with Crippen LogP contribution in [0.5, 0.6) is 5.75 Å². The van der Waals surface area contributed by atoms with Crippen LogP contribution in [0.25, 0.3) is 0 Å². The molecule has 9 heteroatoms. The van der Waals surface area contributed by atoms with Crippen LogP contribution in [-0.4, -0.2) is 24.1 Å². The Morgan fingerprint density at radius 3 is 2.62 bits per heavy atom. The first-order valence-electron chi connectivity index (χ1n) is 7.97. The van der Waals surface area contributed by atoms with Crippen molar-refractivity contribution in [2.24, 2.45) is 4.99 Å². The van der Waals surface area contributed by atoms with Crippen LogP contribution in [0.15, 0.2) is 29.3 Å². The molecule has 1 aromatic heterocycles. The molecule has 2 N–H and O–H groups in total. The summed E-state index contributed by atoms with van der Waals surface area (Å²) in [4.78, 5) is 10.00. The average Bonchev–Trinajstić information content (AvgIpc) is 2.88. The summed E-state index contributed by atoms with van der Waals surface area (Å²) in [5, 5.41) is 7.41. The van der Waals surface area contributed by atoms with Crippen molar-refractivity contribution in [2.45, 2.75) is 40.5 Å². The zero-order valence-electron chi connectivity index (χ0n) is 14.9. The van der Waals surface area contributed by atoms with E-state index >= 15 is 0 Å². The van der Waals surface area contributed by atoms with Crippen molar-refractivity contribution in [2.75, 3.05) is 6.54 Å². The Bertz CT molecular complexity index is 725. The molecule has 0 atom stereocenters. The zero-order valence-corrected chi connectivity index (χ0v) is 18.0. The van der Waals surface area contributed by atoms with Crippen LogP contribution in [0.4, 0.5) is 8.78 Å². The number of aryl methyl sites for hydroxylation is 2. The van der Waals surface area contributed by atoms with Gasteiger partial charge in [-0.25, -0.2) is 9.98 Å². The highest BCUT2D eigenvalue weighted by Crippen LogP contribution is 2.21. The molecule has 0 aliphatic carbocycles. The lowest BCUT2D eigenvalue weighted by Gasteiger charge is -2.12. The van der Waals surface area contributed by atoms with Crippen molar-refractivity contribution in [1.82, 2.24) is 15.6 Å². The standard InChI is InChI=1S/C17H22F2N4OS.HI/c1-4-20-17(22-10-15-11(2)23-12(3)25-15)21-9-13-7-5-6-8-14(13)24-16(18)19;/h5-8,16H,4,9-10H2,1-3H3,(H2,20,21,22);1H. The third kappa shape index (κ3) is 7.02. The third-order valence-electron chi connectivity index (χ3n) is 3.36. The predicted molar refractivity (Wildman–Crippen MR) is 112 cm³/mol. The predicted octanol–water partition coefficient (Wildman–Crippen LogP) is 4.23. The first-order valence-corrected chi connectivity index (χ1v) is 8.79. The summed E-state index contributed by atoms with van der Waals surface area (Å²) in [6.45, 7) is 4.60. The van der Waals surface area contributed by atoms with Gasteiger partial charge in [0.1, 0.15) is 5.75 Å². The fraction of sp³-hybridized carbons (Fsp3) is 0.412. The number of thiazole rings is 1. The molecule has 0 bridgehead atoms. The number of aromatic nitrogens is 1. The number of guanidine groups is 1. The Morgan fingerprint density at radius 2 is 2.00 bits per heavy atom. The fourth-order valence-corrected chi connectivity index (χ4v) is 3.13. The maximum Gasteiger partial charge on any atom is 0.387 e. The van der Waals surface area contributed by atoms with Crippen LogP contribution >= 0.6 is 35.3 Å². The van der Waals surface area contributed by atoms with Crippen LogP contribution in [0.1, 0.15) is 28.1 Å². The van der Waals surface area contributed by atoms with E-state index in [-0.39, 0.29) is 36.3 Å². The van der Waals surface area contributed by atoms with E-state index in [0.717, 1.165) is 15.6 Å². The molecule has 0 unspecified atom stereocenters. The quantitative estimate of drug-likeness (QED) is 0.342. The van der Waals surface area contributed by atoms with Crippen LogP contribution < -0.4 is 15.4 Å². The summed E-state index contributed by atoms with van der Waals surface area (Å²) in [6.07, 6.45) is 0. The van der Waals surface area contributed by atoms with Crippen LogP contribution in [0.3, 0.4) is 0 Å². The van der Waals surface area contributed by atoms with Gasteiger partial charge in [-0.15, -0.1) is 35.3 Å². The number of ether oxygens (including phenoxy) is 1. The summed E-state index contributed by atoms with van der Waals surface area (Å²) < 4.78 is 29.5. The smallest absolute Gasteiger partial charge is 0.387 e. The lowest BCUT2D eigenvalue weighted by atomic mass is 10.2. The van der Waals surface area contributed by atoms with E-state index in [9.17, 15) is 8.78 Å². The van der Waals surface area contributed by atoms with Gasteiger partial charge in [-0.2, -0.15) is 8.78 Å². The molecule has 0 spiro atoms. The van der Waals surface area contributed by atoms with Gasteiger partial charge in [0.25, 0.3) is 0 Å². The van der Waals surface area contributed by atoms with Crippen LogP contribution in [0.2, 0.25) is 0 Å². The fourth-order valence-electron chi connectivity index (χ4n) is 2.25. The summed E-state index contributed by atoms with van der Waals surface area (Å²) in [6, 6.07) is 6.67. The summed E-state index contributed by atoms with van der Waals surface area (Å²) in [5.41, 5.74) is 1.60. The number of rotatable bonds is 7. The van der Waals surface area contributed by atoms with E-state index in [0.29, 0.717) is 24.6 Å². The topological polar surface area (TPSA) is 58.5 Å². The Hall–Kier alpha value is -1.49. The summed E-state index contributed by atoms with van der Waals surface area (Å²) >= 11 is 1.64. The van der Waals surface area contributed by atoms with Crippen molar-refractivity contribution >= 4 is 41.3 Å². The SMILES string of the molecule is CCNC(=NCc1ccccc1OC(F)F)NCc1sc(C)nc1C.I. The third-order valence-corrected chi connectivity index (χ3v) is 4.43. The van der Waals surface area contributed by atoms with Crippen LogP contribution in [-0.2, 0) is 13.1 Å². The largest absolute Gasteiger partial charge is 0.434 e. The average molecular weight is 496 g/mol. The molecule has 144 valence electrons. The number of nitrogens with one attached hydrogen (secondary N) is 2. The van der Waals surface area contributed by atoms with Gasteiger partial charge < -0.3 is 15.4 Å². The molecule has 0 radical (unpaired) electrons. The lowest BCUT2D eigenvalue weighted by Crippen LogP contribution is -2.36. The van der Waals surface area contributed by atoms with Crippen molar-refractivity contribution in [3.05, 3.63) is 45.4 Å². The monoisotopic (exact) mass is 496 g/mol. The molecule has 1 aromatic carbocycles. The van der Waals surface area contributed by atoms with Gasteiger partial charge in [0.2, 0.25) is 0 Å². The van der Waals surface area contributed by atoms with Gasteiger partial charge in [-0.05, 0) is 26.8 Å². The minimum Gasteiger partial charge on any atom is -0.434 e. The number of alkyl halides is 2. The van der Waals surface area contributed by atoms with Gasteiger partial charge in [0, 0.05) is 17.0 Å². The van der Waals surface area contributed by atoms with Gasteiger partial charge in [-0.3, -0.25) is 0 Å². The Labute approximate surface area is 173 Å². The number of aliphatic imine (C=N–C) groups is 1. The number of hydrogen-bond donors (Lipinski definition) is 2. The lowest BCUT2D eigenvalue weighted by molar-refractivity contribution is -0.0504. The highest BCUT2D eigenvalue weighted by atomic mass is 127. The molecule has 2 aromatic rings. The second-order valence-corrected chi connectivity index (χ2v) is 6.56. The summed E-state index contributed by atoms with van der Waals surface area (Å²) in [5.74, 6) is 0.755. The molecule has 1 heterocycles. The molecule has 2 rings (SSSR count). The van der Waals surface area contributed by atoms with E-state index in [1.54, 1.807) is 29.5 Å². The Kier molecular flexibility index (Phi) is 9.78. The Balaban J connectivity index is 0.00000338. The molecule has 0 aliphatic heterocycles. The number of benzene rings is 1. The number of para-hydroxylation sites is 1. The molecule has 0 aliphatic rings. The number of nitrogens with zero attached hydrogens (tertiary/aromatic N) is 2. The maximum atomic E-state index is 12.5. The Morgan fingerprint density at radius 1 is 1.27 bits per heavy atom. The first-order chi connectivity index (χ1) is 12.0. The summed E-state index contributed by atoms with van der Waals surface area (Å²) in [7, 11) is 0.